The molecule has 0 atom stereocenters. The standard InChI is InChI=1S/C16H25BF2N2O4S/c1-14(2,3)21-26(22,23)11-8-10(9-20-12(11)13(18)19)17-24-15(4,5)16(6,7)25-17/h8-9,13,21H,1-7H3. The lowest BCUT2D eigenvalue weighted by Crippen LogP contribution is -2.42. The minimum absolute atomic E-state index is 0.266. The van der Waals surface area contributed by atoms with Crippen LogP contribution in [0.25, 0.3) is 0 Å². The predicted octanol–water partition coefficient (Wildman–Crippen LogP) is 2.40. The van der Waals surface area contributed by atoms with Crippen LogP contribution in [0.3, 0.4) is 0 Å². The largest absolute Gasteiger partial charge is 0.496 e. The second-order valence-corrected chi connectivity index (χ2v) is 10.0. The molecule has 1 N–H and O–H groups in total. The van der Waals surface area contributed by atoms with Crippen molar-refractivity contribution in [3.8, 4) is 0 Å². The molecule has 0 unspecified atom stereocenters. The van der Waals surface area contributed by atoms with Gasteiger partial charge in [0.15, 0.2) is 0 Å². The normalized spacial score (nSPS) is 20.0. The monoisotopic (exact) mass is 390 g/mol. The summed E-state index contributed by atoms with van der Waals surface area (Å²) in [5.41, 5.74) is -2.67. The molecule has 1 aliphatic heterocycles. The van der Waals surface area contributed by atoms with Crippen LogP contribution in [0.1, 0.15) is 60.6 Å². The Balaban J connectivity index is 2.51. The third-order valence-corrected chi connectivity index (χ3v) is 6.15. The van der Waals surface area contributed by atoms with Crippen LogP contribution in [0.15, 0.2) is 17.2 Å². The molecule has 0 radical (unpaired) electrons. The van der Waals surface area contributed by atoms with Crippen molar-refractivity contribution in [3.05, 3.63) is 18.0 Å². The number of pyridine rings is 1. The number of hydrogen-bond donors (Lipinski definition) is 1. The van der Waals surface area contributed by atoms with Crippen molar-refractivity contribution in [2.75, 3.05) is 0 Å². The van der Waals surface area contributed by atoms with Gasteiger partial charge in [-0.1, -0.05) is 0 Å². The van der Waals surface area contributed by atoms with Gasteiger partial charge < -0.3 is 9.31 Å². The smallest absolute Gasteiger partial charge is 0.399 e. The maximum Gasteiger partial charge on any atom is 0.496 e. The average Bonchev–Trinajstić information content (AvgIpc) is 2.64. The summed E-state index contributed by atoms with van der Waals surface area (Å²) in [4.78, 5) is 3.11. The Kier molecular flexibility index (Phi) is 5.31. The minimum atomic E-state index is -4.21. The highest BCUT2D eigenvalue weighted by Gasteiger charge is 2.52. The van der Waals surface area contributed by atoms with Crippen LogP contribution < -0.4 is 10.2 Å². The van der Waals surface area contributed by atoms with E-state index in [4.69, 9.17) is 9.31 Å². The first-order valence-electron chi connectivity index (χ1n) is 8.23. The summed E-state index contributed by atoms with van der Waals surface area (Å²) in [6.45, 7) is 12.2. The van der Waals surface area contributed by atoms with Gasteiger partial charge in [-0.05, 0) is 54.5 Å². The number of rotatable bonds is 4. The van der Waals surface area contributed by atoms with E-state index in [1.165, 1.54) is 6.20 Å². The Morgan fingerprint density at radius 3 is 2.08 bits per heavy atom. The van der Waals surface area contributed by atoms with Gasteiger partial charge in [0, 0.05) is 17.2 Å². The van der Waals surface area contributed by atoms with Gasteiger partial charge in [-0.3, -0.25) is 4.98 Å². The van der Waals surface area contributed by atoms with Crippen LogP contribution in [-0.2, 0) is 19.3 Å². The first kappa shape index (κ1) is 21.2. The summed E-state index contributed by atoms with van der Waals surface area (Å²) >= 11 is 0. The molecule has 0 spiro atoms. The van der Waals surface area contributed by atoms with Crippen molar-refractivity contribution in [2.45, 2.75) is 76.5 Å². The molecule has 0 amide bonds. The van der Waals surface area contributed by atoms with E-state index in [-0.39, 0.29) is 5.46 Å². The molecule has 0 aliphatic carbocycles. The molecule has 1 aromatic heterocycles. The van der Waals surface area contributed by atoms with Gasteiger partial charge in [-0.2, -0.15) is 0 Å². The molecule has 1 aromatic rings. The van der Waals surface area contributed by atoms with Gasteiger partial charge in [-0.25, -0.2) is 21.9 Å². The highest BCUT2D eigenvalue weighted by Crippen LogP contribution is 2.36. The Hall–Kier alpha value is -1.10. The van der Waals surface area contributed by atoms with E-state index in [9.17, 15) is 17.2 Å². The predicted molar refractivity (Wildman–Crippen MR) is 95.0 cm³/mol. The average molecular weight is 390 g/mol. The molecular formula is C16H25BF2N2O4S. The van der Waals surface area contributed by atoms with Crippen LogP contribution in [-0.4, -0.2) is 37.3 Å². The molecular weight excluding hydrogens is 365 g/mol. The zero-order chi connectivity index (χ0) is 20.1. The van der Waals surface area contributed by atoms with Gasteiger partial charge in [0.25, 0.3) is 6.43 Å². The molecule has 26 heavy (non-hydrogen) atoms. The summed E-state index contributed by atoms with van der Waals surface area (Å²) in [6, 6.07) is 1.14. The van der Waals surface area contributed by atoms with Crippen LogP contribution in [0.5, 0.6) is 0 Å². The number of aromatic nitrogens is 1. The lowest BCUT2D eigenvalue weighted by molar-refractivity contribution is 0.00578. The number of nitrogens with one attached hydrogen (secondary N) is 1. The summed E-state index contributed by atoms with van der Waals surface area (Å²) in [5.74, 6) is 0. The summed E-state index contributed by atoms with van der Waals surface area (Å²) in [6.07, 6.45) is -1.87. The molecule has 2 rings (SSSR count). The number of alkyl halides is 2. The Morgan fingerprint density at radius 1 is 1.15 bits per heavy atom. The molecule has 1 saturated heterocycles. The van der Waals surface area contributed by atoms with Crippen molar-refractivity contribution >= 4 is 22.6 Å². The van der Waals surface area contributed by atoms with Crippen LogP contribution in [0.4, 0.5) is 8.78 Å². The molecule has 1 fully saturated rings. The van der Waals surface area contributed by atoms with Crippen molar-refractivity contribution in [1.82, 2.24) is 9.71 Å². The maximum atomic E-state index is 13.3. The van der Waals surface area contributed by atoms with Crippen molar-refractivity contribution in [2.24, 2.45) is 0 Å². The van der Waals surface area contributed by atoms with E-state index >= 15 is 0 Å². The molecule has 146 valence electrons. The molecule has 10 heteroatoms. The first-order chi connectivity index (χ1) is 11.6. The number of hydrogen-bond acceptors (Lipinski definition) is 5. The first-order valence-corrected chi connectivity index (χ1v) is 9.72. The third kappa shape index (κ3) is 4.24. The Labute approximate surface area is 153 Å². The molecule has 1 aliphatic rings. The Bertz CT molecular complexity index is 776. The fourth-order valence-corrected chi connectivity index (χ4v) is 4.04. The number of sulfonamides is 1. The Morgan fingerprint density at radius 2 is 1.65 bits per heavy atom. The van der Waals surface area contributed by atoms with E-state index < -0.39 is 50.9 Å². The van der Waals surface area contributed by atoms with E-state index in [0.717, 1.165) is 6.07 Å². The van der Waals surface area contributed by atoms with Gasteiger partial charge in [0.2, 0.25) is 10.0 Å². The number of nitrogens with zero attached hydrogens (tertiary/aromatic N) is 1. The topological polar surface area (TPSA) is 77.5 Å². The van der Waals surface area contributed by atoms with Crippen LogP contribution in [0, 0.1) is 0 Å². The van der Waals surface area contributed by atoms with Crippen molar-refractivity contribution < 1.29 is 26.5 Å². The summed E-state index contributed by atoms with van der Waals surface area (Å²) in [7, 11) is -5.11. The second-order valence-electron chi connectivity index (χ2n) is 8.40. The zero-order valence-corrected chi connectivity index (χ0v) is 16.9. The van der Waals surface area contributed by atoms with E-state index in [1.54, 1.807) is 20.8 Å². The summed E-state index contributed by atoms with van der Waals surface area (Å²) < 4.78 is 66.0. The SMILES string of the molecule is CC(C)(C)NS(=O)(=O)c1cc(B2OC(C)(C)C(C)(C)O2)cnc1C(F)F. The minimum Gasteiger partial charge on any atom is -0.399 e. The lowest BCUT2D eigenvalue weighted by Gasteiger charge is -2.32. The van der Waals surface area contributed by atoms with Gasteiger partial charge in [0.05, 0.1) is 11.2 Å². The van der Waals surface area contributed by atoms with Gasteiger partial charge in [-0.15, -0.1) is 0 Å². The van der Waals surface area contributed by atoms with Gasteiger partial charge >= 0.3 is 7.12 Å². The van der Waals surface area contributed by atoms with E-state index in [0.29, 0.717) is 0 Å². The van der Waals surface area contributed by atoms with Gasteiger partial charge in [0.1, 0.15) is 10.6 Å². The maximum absolute atomic E-state index is 13.3. The second kappa shape index (κ2) is 6.51. The highest BCUT2D eigenvalue weighted by molar-refractivity contribution is 7.89. The van der Waals surface area contributed by atoms with Crippen LogP contribution in [0.2, 0.25) is 0 Å². The van der Waals surface area contributed by atoms with E-state index in [2.05, 4.69) is 9.71 Å². The molecule has 6 nitrogen and oxygen atoms in total. The summed E-state index contributed by atoms with van der Waals surface area (Å²) in [5, 5.41) is 0. The quantitative estimate of drug-likeness (QED) is 0.799. The lowest BCUT2D eigenvalue weighted by atomic mass is 9.80. The molecule has 2 heterocycles. The molecule has 0 saturated carbocycles. The van der Waals surface area contributed by atoms with E-state index in [1.807, 2.05) is 27.7 Å². The molecule has 0 aromatic carbocycles. The van der Waals surface area contributed by atoms with Crippen molar-refractivity contribution in [3.63, 3.8) is 0 Å². The fraction of sp³-hybridized carbons (Fsp3) is 0.688. The zero-order valence-electron chi connectivity index (χ0n) is 16.1. The third-order valence-electron chi connectivity index (χ3n) is 4.37. The molecule has 0 bridgehead atoms. The fourth-order valence-electron chi connectivity index (χ4n) is 2.42. The van der Waals surface area contributed by atoms with Crippen LogP contribution >= 0.6 is 0 Å². The highest BCUT2D eigenvalue weighted by atomic mass is 32.2. The van der Waals surface area contributed by atoms with Crippen molar-refractivity contribution in [1.29, 1.82) is 0 Å². The number of halogens is 2.